The number of hydrogen-bond acceptors (Lipinski definition) is 8. The van der Waals surface area contributed by atoms with E-state index in [4.69, 9.17) is 20.1 Å². The highest BCUT2D eigenvalue weighted by Gasteiger charge is 2.47. The highest BCUT2D eigenvalue weighted by molar-refractivity contribution is 4.95. The lowest BCUT2D eigenvalue weighted by Gasteiger charge is -2.43. The minimum Gasteiger partial charge on any atom is -0.396 e. The highest BCUT2D eigenvalue weighted by Crippen LogP contribution is 2.27. The molecule has 0 aromatic carbocycles. The van der Waals surface area contributed by atoms with Crippen molar-refractivity contribution in [1.29, 1.82) is 0 Å². The van der Waals surface area contributed by atoms with E-state index in [1.807, 2.05) is 0 Å². The van der Waals surface area contributed by atoms with Gasteiger partial charge in [0.25, 0.3) is 0 Å². The summed E-state index contributed by atoms with van der Waals surface area (Å²) < 4.78 is 5.17. The molecule has 108 valence electrons. The van der Waals surface area contributed by atoms with E-state index >= 15 is 0 Å². The molecule has 1 saturated heterocycles. The lowest BCUT2D eigenvalue weighted by molar-refractivity contribution is -0.251. The molecule has 1 aliphatic heterocycles. The summed E-state index contributed by atoms with van der Waals surface area (Å²) in [6.07, 6.45) is -8.26. The summed E-state index contributed by atoms with van der Waals surface area (Å²) in [6, 6.07) is 0. The predicted octanol–water partition coefficient (Wildman–Crippen LogP) is -4.21. The standard InChI is InChI=1S/C10H20O8/c11-1-4(5(14)2-12)10-9(17)8(16)7(15)6(3-13)18-10/h4-17H,1-3H2/t4?,5?,6-,7-,8+,9-,10?/m1/s1. The molecule has 1 rings (SSSR count). The fourth-order valence-corrected chi connectivity index (χ4v) is 2.06. The third-order valence-corrected chi connectivity index (χ3v) is 3.24. The Morgan fingerprint density at radius 3 is 1.94 bits per heavy atom. The van der Waals surface area contributed by atoms with E-state index in [1.165, 1.54) is 0 Å². The van der Waals surface area contributed by atoms with Gasteiger partial charge in [-0.1, -0.05) is 0 Å². The Morgan fingerprint density at radius 1 is 0.889 bits per heavy atom. The van der Waals surface area contributed by atoms with E-state index in [1.54, 1.807) is 0 Å². The van der Waals surface area contributed by atoms with Crippen molar-refractivity contribution in [2.75, 3.05) is 19.8 Å². The first-order valence-electron chi connectivity index (χ1n) is 5.68. The van der Waals surface area contributed by atoms with Gasteiger partial charge in [0.1, 0.15) is 24.4 Å². The van der Waals surface area contributed by atoms with Gasteiger partial charge in [-0.25, -0.2) is 0 Å². The van der Waals surface area contributed by atoms with E-state index < -0.39 is 62.4 Å². The Kier molecular flexibility index (Phi) is 5.89. The van der Waals surface area contributed by atoms with Crippen molar-refractivity contribution in [3.05, 3.63) is 0 Å². The van der Waals surface area contributed by atoms with Crippen molar-refractivity contribution in [2.45, 2.75) is 36.6 Å². The maximum Gasteiger partial charge on any atom is 0.111 e. The van der Waals surface area contributed by atoms with Crippen molar-refractivity contribution in [3.8, 4) is 0 Å². The SMILES string of the molecule is OCC(O)C(CO)C1O[C@H](CO)[C@@H](O)[C@H](O)[C@H]1O. The Labute approximate surface area is 104 Å². The lowest BCUT2D eigenvalue weighted by Crippen LogP contribution is -2.62. The van der Waals surface area contributed by atoms with Crippen molar-refractivity contribution < 1.29 is 40.5 Å². The van der Waals surface area contributed by atoms with Gasteiger partial charge in [0.15, 0.2) is 0 Å². The van der Waals surface area contributed by atoms with Crippen LogP contribution in [0.4, 0.5) is 0 Å². The van der Waals surface area contributed by atoms with Gasteiger partial charge < -0.3 is 40.5 Å². The zero-order valence-electron chi connectivity index (χ0n) is 9.70. The van der Waals surface area contributed by atoms with E-state index in [0.717, 1.165) is 0 Å². The number of rotatable bonds is 5. The molecule has 7 atom stereocenters. The maximum atomic E-state index is 9.75. The monoisotopic (exact) mass is 268 g/mol. The van der Waals surface area contributed by atoms with Crippen LogP contribution in [-0.2, 0) is 4.74 Å². The normalized spacial score (nSPS) is 40.5. The summed E-state index contributed by atoms with van der Waals surface area (Å²) in [7, 11) is 0. The van der Waals surface area contributed by atoms with E-state index in [0.29, 0.717) is 0 Å². The number of aliphatic hydroxyl groups is 7. The van der Waals surface area contributed by atoms with Crippen LogP contribution >= 0.6 is 0 Å². The fourth-order valence-electron chi connectivity index (χ4n) is 2.06. The van der Waals surface area contributed by atoms with Crippen molar-refractivity contribution in [1.82, 2.24) is 0 Å². The van der Waals surface area contributed by atoms with E-state index in [2.05, 4.69) is 0 Å². The maximum absolute atomic E-state index is 9.75. The molecular formula is C10H20O8. The van der Waals surface area contributed by atoms with Crippen LogP contribution in [0.5, 0.6) is 0 Å². The molecular weight excluding hydrogens is 248 g/mol. The van der Waals surface area contributed by atoms with Gasteiger partial charge in [-0.2, -0.15) is 0 Å². The molecule has 0 aromatic rings. The summed E-state index contributed by atoms with van der Waals surface area (Å²) in [5.74, 6) is -1.04. The highest BCUT2D eigenvalue weighted by atomic mass is 16.5. The molecule has 0 amide bonds. The zero-order valence-corrected chi connectivity index (χ0v) is 9.70. The average molecular weight is 268 g/mol. The number of aliphatic hydroxyl groups excluding tert-OH is 7. The minimum absolute atomic E-state index is 0.588. The molecule has 8 heteroatoms. The minimum atomic E-state index is -1.57. The van der Waals surface area contributed by atoms with Crippen LogP contribution in [0.25, 0.3) is 0 Å². The molecule has 0 bridgehead atoms. The summed E-state index contributed by atoms with van der Waals surface area (Å²) in [4.78, 5) is 0. The summed E-state index contributed by atoms with van der Waals surface area (Å²) in [6.45, 7) is -1.83. The molecule has 1 fully saturated rings. The van der Waals surface area contributed by atoms with Gasteiger partial charge in [-0.15, -0.1) is 0 Å². The largest absolute Gasteiger partial charge is 0.396 e. The Balaban J connectivity index is 2.85. The quantitative estimate of drug-likeness (QED) is 0.265. The van der Waals surface area contributed by atoms with Crippen LogP contribution in [0, 0.1) is 5.92 Å². The fraction of sp³-hybridized carbons (Fsp3) is 1.00. The van der Waals surface area contributed by atoms with Crippen LogP contribution < -0.4 is 0 Å². The van der Waals surface area contributed by atoms with Gasteiger partial charge in [0.2, 0.25) is 0 Å². The first kappa shape index (κ1) is 15.7. The molecule has 1 heterocycles. The van der Waals surface area contributed by atoms with Gasteiger partial charge in [0.05, 0.1) is 32.0 Å². The van der Waals surface area contributed by atoms with Crippen molar-refractivity contribution in [2.24, 2.45) is 5.92 Å². The third-order valence-electron chi connectivity index (χ3n) is 3.24. The summed E-state index contributed by atoms with van der Waals surface area (Å²) in [5.41, 5.74) is 0. The molecule has 7 N–H and O–H groups in total. The second-order valence-corrected chi connectivity index (χ2v) is 4.39. The second kappa shape index (κ2) is 6.73. The summed E-state index contributed by atoms with van der Waals surface area (Å²) >= 11 is 0. The molecule has 0 aromatic heterocycles. The Hall–Kier alpha value is -0.320. The smallest absolute Gasteiger partial charge is 0.111 e. The lowest BCUT2D eigenvalue weighted by atomic mass is 9.85. The molecule has 0 radical (unpaired) electrons. The van der Waals surface area contributed by atoms with Gasteiger partial charge in [-0.3, -0.25) is 0 Å². The number of hydrogen-bond donors (Lipinski definition) is 7. The molecule has 18 heavy (non-hydrogen) atoms. The first-order chi connectivity index (χ1) is 8.47. The van der Waals surface area contributed by atoms with E-state index in [9.17, 15) is 20.4 Å². The molecule has 0 saturated carbocycles. The van der Waals surface area contributed by atoms with Gasteiger partial charge in [0, 0.05) is 5.92 Å². The Bertz CT molecular complexity index is 248. The second-order valence-electron chi connectivity index (χ2n) is 4.39. The molecule has 1 aliphatic rings. The van der Waals surface area contributed by atoms with Crippen LogP contribution in [0.1, 0.15) is 0 Å². The van der Waals surface area contributed by atoms with Crippen LogP contribution in [0.2, 0.25) is 0 Å². The van der Waals surface area contributed by atoms with Crippen molar-refractivity contribution >= 4 is 0 Å². The predicted molar refractivity (Wildman–Crippen MR) is 57.4 cm³/mol. The van der Waals surface area contributed by atoms with Crippen molar-refractivity contribution in [3.63, 3.8) is 0 Å². The molecule has 0 spiro atoms. The molecule has 8 nitrogen and oxygen atoms in total. The van der Waals surface area contributed by atoms with Crippen LogP contribution in [-0.4, -0.2) is 92.2 Å². The van der Waals surface area contributed by atoms with Gasteiger partial charge in [-0.05, 0) is 0 Å². The molecule has 0 aliphatic carbocycles. The topological polar surface area (TPSA) is 151 Å². The van der Waals surface area contributed by atoms with Gasteiger partial charge >= 0.3 is 0 Å². The first-order valence-corrected chi connectivity index (χ1v) is 5.68. The summed E-state index contributed by atoms with van der Waals surface area (Å²) in [5, 5.41) is 65.3. The Morgan fingerprint density at radius 2 is 1.50 bits per heavy atom. The third kappa shape index (κ3) is 2.98. The number of ether oxygens (including phenoxy) is 1. The molecule has 3 unspecified atom stereocenters. The average Bonchev–Trinajstić information content (AvgIpc) is 2.39. The van der Waals surface area contributed by atoms with Crippen LogP contribution in [0.15, 0.2) is 0 Å². The van der Waals surface area contributed by atoms with Crippen LogP contribution in [0.3, 0.4) is 0 Å². The zero-order chi connectivity index (χ0) is 13.9. The van der Waals surface area contributed by atoms with E-state index in [-0.39, 0.29) is 0 Å².